The molecule has 0 aromatic heterocycles. The van der Waals surface area contributed by atoms with E-state index in [0.717, 1.165) is 18.4 Å². The maximum atomic E-state index is 12.3. The molecule has 3 rings (SSSR count). The summed E-state index contributed by atoms with van der Waals surface area (Å²) in [6.07, 6.45) is 1.69. The van der Waals surface area contributed by atoms with Gasteiger partial charge in [-0.05, 0) is 48.7 Å². The predicted molar refractivity (Wildman–Crippen MR) is 118 cm³/mol. The molecule has 0 unspecified atom stereocenters. The standard InChI is InChI=1S/C23H27N3O5/c1-3-10-24-21(27)13-26-19-12-17(8-9-20(19)31-15-23(26)29)25-22(28)14-30-18-7-5-6-16(4-2)11-18/h5-9,11-12H,3-4,10,13-15H2,1-2H3,(H,24,27)(H,25,28). The van der Waals surface area contributed by atoms with Gasteiger partial charge in [-0.2, -0.15) is 0 Å². The van der Waals surface area contributed by atoms with Crippen LogP contribution < -0.4 is 25.0 Å². The maximum Gasteiger partial charge on any atom is 0.265 e. The third-order valence-corrected chi connectivity index (χ3v) is 4.74. The molecular weight excluding hydrogens is 398 g/mol. The van der Waals surface area contributed by atoms with Gasteiger partial charge in [0.2, 0.25) is 5.91 Å². The van der Waals surface area contributed by atoms with Crippen LogP contribution >= 0.6 is 0 Å². The minimum atomic E-state index is -0.336. The summed E-state index contributed by atoms with van der Waals surface area (Å²) in [5, 5.41) is 5.51. The Kier molecular flexibility index (Phi) is 7.48. The van der Waals surface area contributed by atoms with E-state index in [1.807, 2.05) is 32.0 Å². The molecule has 0 fully saturated rings. The fourth-order valence-electron chi connectivity index (χ4n) is 3.12. The van der Waals surface area contributed by atoms with Gasteiger partial charge in [-0.15, -0.1) is 0 Å². The van der Waals surface area contributed by atoms with Gasteiger partial charge < -0.3 is 20.1 Å². The van der Waals surface area contributed by atoms with Crippen molar-refractivity contribution in [1.29, 1.82) is 0 Å². The number of fused-ring (bicyclic) bond motifs is 1. The zero-order valence-electron chi connectivity index (χ0n) is 17.8. The van der Waals surface area contributed by atoms with Gasteiger partial charge >= 0.3 is 0 Å². The Bertz CT molecular complexity index is 960. The molecule has 0 spiro atoms. The van der Waals surface area contributed by atoms with Crippen LogP contribution in [0.1, 0.15) is 25.8 Å². The fraction of sp³-hybridized carbons (Fsp3) is 0.348. The number of aryl methyl sites for hydroxylation is 1. The largest absolute Gasteiger partial charge is 0.484 e. The van der Waals surface area contributed by atoms with Gasteiger partial charge in [-0.25, -0.2) is 0 Å². The first kappa shape index (κ1) is 22.1. The number of amides is 3. The van der Waals surface area contributed by atoms with Crippen LogP contribution in [0.25, 0.3) is 0 Å². The zero-order chi connectivity index (χ0) is 22.2. The Morgan fingerprint density at radius 3 is 2.74 bits per heavy atom. The molecule has 8 nitrogen and oxygen atoms in total. The highest BCUT2D eigenvalue weighted by atomic mass is 16.5. The lowest BCUT2D eigenvalue weighted by Gasteiger charge is -2.29. The number of hydrogen-bond donors (Lipinski definition) is 2. The SMILES string of the molecule is CCCNC(=O)CN1C(=O)COc2ccc(NC(=O)COc3cccc(CC)c3)cc21. The number of nitrogens with one attached hydrogen (secondary N) is 2. The van der Waals surface area contributed by atoms with Crippen molar-refractivity contribution in [2.45, 2.75) is 26.7 Å². The van der Waals surface area contributed by atoms with Crippen LogP contribution in [-0.4, -0.2) is 44.0 Å². The molecule has 1 heterocycles. The van der Waals surface area contributed by atoms with Crippen LogP contribution in [0.15, 0.2) is 42.5 Å². The van der Waals surface area contributed by atoms with Crippen LogP contribution in [0.5, 0.6) is 11.5 Å². The fourth-order valence-corrected chi connectivity index (χ4v) is 3.12. The van der Waals surface area contributed by atoms with E-state index in [1.165, 1.54) is 4.90 Å². The summed E-state index contributed by atoms with van der Waals surface area (Å²) in [5.74, 6) is 0.204. The van der Waals surface area contributed by atoms with Gasteiger partial charge in [-0.3, -0.25) is 19.3 Å². The van der Waals surface area contributed by atoms with Crippen LogP contribution in [0.3, 0.4) is 0 Å². The molecule has 2 aromatic rings. The quantitative estimate of drug-likeness (QED) is 0.644. The molecule has 1 aliphatic rings. The summed E-state index contributed by atoms with van der Waals surface area (Å²) in [6, 6.07) is 12.6. The second-order valence-electron chi connectivity index (χ2n) is 7.14. The molecule has 0 atom stereocenters. The van der Waals surface area contributed by atoms with Crippen LogP contribution in [0, 0.1) is 0 Å². The average Bonchev–Trinajstić information content (AvgIpc) is 2.78. The van der Waals surface area contributed by atoms with Crippen molar-refractivity contribution in [3.05, 3.63) is 48.0 Å². The predicted octanol–water partition coefficient (Wildman–Crippen LogP) is 2.52. The topological polar surface area (TPSA) is 97.0 Å². The van der Waals surface area contributed by atoms with Crippen molar-refractivity contribution < 1.29 is 23.9 Å². The van der Waals surface area contributed by atoms with Crippen molar-refractivity contribution in [2.75, 3.05) is 36.5 Å². The van der Waals surface area contributed by atoms with Crippen LogP contribution in [-0.2, 0) is 20.8 Å². The number of carbonyl (C=O) groups excluding carboxylic acids is 3. The normalized spacial score (nSPS) is 12.6. The van der Waals surface area contributed by atoms with E-state index in [4.69, 9.17) is 9.47 Å². The van der Waals surface area contributed by atoms with Crippen LogP contribution in [0.2, 0.25) is 0 Å². The molecule has 31 heavy (non-hydrogen) atoms. The first-order valence-corrected chi connectivity index (χ1v) is 10.4. The van der Waals surface area contributed by atoms with Crippen molar-refractivity contribution in [3.63, 3.8) is 0 Å². The van der Waals surface area contributed by atoms with E-state index in [9.17, 15) is 14.4 Å². The average molecular weight is 425 g/mol. The van der Waals surface area contributed by atoms with Crippen molar-refractivity contribution in [2.24, 2.45) is 0 Å². The highest BCUT2D eigenvalue weighted by Crippen LogP contribution is 2.34. The number of benzene rings is 2. The summed E-state index contributed by atoms with van der Waals surface area (Å²) in [5.41, 5.74) is 2.05. The number of carbonyl (C=O) groups is 3. The summed E-state index contributed by atoms with van der Waals surface area (Å²) in [6.45, 7) is 4.15. The van der Waals surface area contributed by atoms with Crippen molar-refractivity contribution >= 4 is 29.1 Å². The lowest BCUT2D eigenvalue weighted by atomic mass is 10.2. The summed E-state index contributed by atoms with van der Waals surface area (Å²) < 4.78 is 11.0. The maximum absolute atomic E-state index is 12.3. The van der Waals surface area contributed by atoms with Crippen molar-refractivity contribution in [1.82, 2.24) is 5.32 Å². The molecular formula is C23H27N3O5. The smallest absolute Gasteiger partial charge is 0.265 e. The first-order valence-electron chi connectivity index (χ1n) is 10.4. The summed E-state index contributed by atoms with van der Waals surface area (Å²) >= 11 is 0. The third kappa shape index (κ3) is 5.97. The lowest BCUT2D eigenvalue weighted by Crippen LogP contribution is -2.45. The Morgan fingerprint density at radius 1 is 1.13 bits per heavy atom. The number of ether oxygens (including phenoxy) is 2. The summed E-state index contributed by atoms with van der Waals surface area (Å²) in [7, 11) is 0. The highest BCUT2D eigenvalue weighted by molar-refractivity contribution is 6.03. The molecule has 2 N–H and O–H groups in total. The van der Waals surface area contributed by atoms with E-state index in [1.54, 1.807) is 24.3 Å². The van der Waals surface area contributed by atoms with Gasteiger partial charge in [0, 0.05) is 12.2 Å². The van der Waals surface area contributed by atoms with Gasteiger partial charge in [0.25, 0.3) is 11.8 Å². The van der Waals surface area contributed by atoms with Crippen LogP contribution in [0.4, 0.5) is 11.4 Å². The van der Waals surface area contributed by atoms with Gasteiger partial charge in [0.1, 0.15) is 18.0 Å². The second-order valence-corrected chi connectivity index (χ2v) is 7.14. The number of rotatable bonds is 9. The molecule has 0 bridgehead atoms. The first-order chi connectivity index (χ1) is 15.0. The Balaban J connectivity index is 1.65. The molecule has 2 aromatic carbocycles. The van der Waals surface area contributed by atoms with Gasteiger partial charge in [-0.1, -0.05) is 26.0 Å². The molecule has 164 valence electrons. The molecule has 0 saturated heterocycles. The lowest BCUT2D eigenvalue weighted by molar-refractivity contribution is -0.125. The monoisotopic (exact) mass is 425 g/mol. The molecule has 3 amide bonds. The van der Waals surface area contributed by atoms with E-state index < -0.39 is 0 Å². The van der Waals surface area contributed by atoms with E-state index in [0.29, 0.717) is 29.4 Å². The Morgan fingerprint density at radius 2 is 1.97 bits per heavy atom. The van der Waals surface area contributed by atoms with E-state index >= 15 is 0 Å². The number of anilines is 2. The number of hydrogen-bond acceptors (Lipinski definition) is 5. The molecule has 0 saturated carbocycles. The Labute approximate surface area is 181 Å². The minimum absolute atomic E-state index is 0.108. The molecule has 8 heteroatoms. The molecule has 0 aliphatic carbocycles. The van der Waals surface area contributed by atoms with Gasteiger partial charge in [0.05, 0.1) is 5.69 Å². The highest BCUT2D eigenvalue weighted by Gasteiger charge is 2.27. The zero-order valence-corrected chi connectivity index (χ0v) is 17.8. The molecule has 1 aliphatic heterocycles. The van der Waals surface area contributed by atoms with Gasteiger partial charge in [0.15, 0.2) is 13.2 Å². The summed E-state index contributed by atoms with van der Waals surface area (Å²) in [4.78, 5) is 38.2. The number of nitrogens with zero attached hydrogens (tertiary/aromatic N) is 1. The van der Waals surface area contributed by atoms with Crippen molar-refractivity contribution in [3.8, 4) is 11.5 Å². The second kappa shape index (κ2) is 10.5. The molecule has 0 radical (unpaired) electrons. The minimum Gasteiger partial charge on any atom is -0.484 e. The Hall–Kier alpha value is -3.55. The van der Waals surface area contributed by atoms with E-state index in [-0.39, 0.29) is 37.5 Å². The third-order valence-electron chi connectivity index (χ3n) is 4.74. The van der Waals surface area contributed by atoms with E-state index in [2.05, 4.69) is 10.6 Å².